The number of aromatic hydroxyl groups is 1. The van der Waals surface area contributed by atoms with E-state index in [2.05, 4.69) is 27.0 Å². The first-order chi connectivity index (χ1) is 16.6. The Morgan fingerprint density at radius 3 is 2.46 bits per heavy atom. The molecule has 0 spiro atoms. The maximum absolute atomic E-state index is 12.9. The van der Waals surface area contributed by atoms with Crippen LogP contribution in [0.25, 0.3) is 27.9 Å². The Hall–Kier alpha value is -3.54. The number of hydrogen-bond donors (Lipinski definition) is 4. The minimum absolute atomic E-state index is 0.0620. The molecule has 1 aliphatic carbocycles. The first-order valence-electron chi connectivity index (χ1n) is 11.6. The summed E-state index contributed by atoms with van der Waals surface area (Å²) < 4.78 is 28.2. The van der Waals surface area contributed by atoms with E-state index >= 15 is 0 Å². The molecule has 1 saturated carbocycles. The van der Waals surface area contributed by atoms with Gasteiger partial charge in [0.15, 0.2) is 11.5 Å². The third-order valence-corrected chi connectivity index (χ3v) is 6.46. The molecule has 12 heteroatoms. The summed E-state index contributed by atoms with van der Waals surface area (Å²) in [5.74, 6) is 0.202. The molecule has 0 aliphatic heterocycles. The van der Waals surface area contributed by atoms with Gasteiger partial charge in [0.05, 0.1) is 17.8 Å². The molecule has 0 aromatic carbocycles. The van der Waals surface area contributed by atoms with E-state index in [1.165, 1.54) is 29.9 Å². The second kappa shape index (κ2) is 9.61. The number of halogens is 2. The fourth-order valence-corrected chi connectivity index (χ4v) is 4.52. The quantitative estimate of drug-likeness (QED) is 0.339. The average molecular weight is 489 g/mol. The second-order valence-corrected chi connectivity index (χ2v) is 8.87. The number of nitrogens with zero attached hydrogens (tertiary/aromatic N) is 6. The van der Waals surface area contributed by atoms with E-state index in [-0.39, 0.29) is 23.2 Å². The van der Waals surface area contributed by atoms with Crippen LogP contribution in [0.5, 0.6) is 5.88 Å². The van der Waals surface area contributed by atoms with E-state index < -0.39 is 13.0 Å². The zero-order valence-electron chi connectivity index (χ0n) is 19.7. The SMILES string of the molecule is CCC1(O)CCCCC1.Cc1nc2ccc(-c3cc(O)n4nc(N)nc(N)c34)nc2n1CC(F)F. The summed E-state index contributed by atoms with van der Waals surface area (Å²) >= 11 is 0. The molecule has 5 rings (SSSR count). The summed E-state index contributed by atoms with van der Waals surface area (Å²) in [6.45, 7) is 3.20. The minimum atomic E-state index is -2.54. The summed E-state index contributed by atoms with van der Waals surface area (Å²) in [5, 5.41) is 23.7. The molecule has 4 aromatic heterocycles. The smallest absolute Gasteiger partial charge is 0.256 e. The van der Waals surface area contributed by atoms with Crippen LogP contribution in [0.3, 0.4) is 0 Å². The molecule has 1 fully saturated rings. The lowest BCUT2D eigenvalue weighted by Crippen LogP contribution is -2.29. The Kier molecular flexibility index (Phi) is 6.75. The lowest BCUT2D eigenvalue weighted by Gasteiger charge is -2.30. The zero-order valence-corrected chi connectivity index (χ0v) is 19.7. The van der Waals surface area contributed by atoms with Crippen LogP contribution in [-0.4, -0.2) is 51.4 Å². The van der Waals surface area contributed by atoms with E-state index in [1.54, 1.807) is 19.1 Å². The van der Waals surface area contributed by atoms with Crippen molar-refractivity contribution in [3.05, 3.63) is 24.0 Å². The predicted octanol–water partition coefficient (Wildman–Crippen LogP) is 3.68. The highest BCUT2D eigenvalue weighted by atomic mass is 19.3. The number of hydrogen-bond acceptors (Lipinski definition) is 8. The number of rotatable bonds is 4. The summed E-state index contributed by atoms with van der Waals surface area (Å²) in [6.07, 6.45) is 4.24. The molecular formula is C23H30F2N8O2. The number of pyridine rings is 1. The Bertz CT molecular complexity index is 1340. The number of nitrogens with two attached hydrogens (primary N) is 2. The van der Waals surface area contributed by atoms with E-state index in [4.69, 9.17) is 11.5 Å². The van der Waals surface area contributed by atoms with Crippen LogP contribution in [0.15, 0.2) is 18.2 Å². The molecule has 1 aliphatic rings. The standard InChI is InChI=1S/C15H14F2N8O.C8H16O/c1-6-20-9-3-2-8(21-14(9)24(6)5-10(16)17)7-4-11(26)25-12(7)13(18)22-15(19)23-25;1-2-8(9)6-4-3-5-7-8/h2-4,10,26H,5H2,1H3,(H4,18,19,22,23);9H,2-7H2,1H3. The van der Waals surface area contributed by atoms with Crippen molar-refractivity contribution in [3.63, 3.8) is 0 Å². The maximum atomic E-state index is 12.9. The van der Waals surface area contributed by atoms with Gasteiger partial charge in [0.2, 0.25) is 11.8 Å². The topological polar surface area (TPSA) is 153 Å². The highest BCUT2D eigenvalue weighted by Gasteiger charge is 2.26. The molecule has 0 unspecified atom stereocenters. The molecule has 188 valence electrons. The highest BCUT2D eigenvalue weighted by molar-refractivity contribution is 5.89. The van der Waals surface area contributed by atoms with Gasteiger partial charge in [0.1, 0.15) is 16.9 Å². The number of anilines is 2. The van der Waals surface area contributed by atoms with Crippen LogP contribution in [-0.2, 0) is 6.54 Å². The van der Waals surface area contributed by atoms with Gasteiger partial charge in [0.25, 0.3) is 6.43 Å². The number of alkyl halides is 2. The molecule has 4 heterocycles. The lowest BCUT2D eigenvalue weighted by atomic mass is 9.83. The van der Waals surface area contributed by atoms with Gasteiger partial charge in [-0.25, -0.2) is 18.7 Å². The Balaban J connectivity index is 0.000000271. The number of aryl methyl sites for hydroxylation is 1. The van der Waals surface area contributed by atoms with Crippen LogP contribution >= 0.6 is 0 Å². The van der Waals surface area contributed by atoms with Crippen molar-refractivity contribution in [3.8, 4) is 17.1 Å². The molecule has 10 nitrogen and oxygen atoms in total. The van der Waals surface area contributed by atoms with Gasteiger partial charge in [-0.3, -0.25) is 0 Å². The van der Waals surface area contributed by atoms with Crippen molar-refractivity contribution in [2.45, 2.75) is 70.9 Å². The summed E-state index contributed by atoms with van der Waals surface area (Å²) in [4.78, 5) is 12.6. The zero-order chi connectivity index (χ0) is 25.3. The van der Waals surface area contributed by atoms with E-state index in [1.807, 2.05) is 0 Å². The Morgan fingerprint density at radius 2 is 1.83 bits per heavy atom. The van der Waals surface area contributed by atoms with Gasteiger partial charge in [-0.15, -0.1) is 5.10 Å². The van der Waals surface area contributed by atoms with Crippen LogP contribution in [0.1, 0.15) is 51.3 Å². The fraction of sp³-hybridized carbons (Fsp3) is 0.478. The number of imidazole rings is 1. The Labute approximate surface area is 200 Å². The van der Waals surface area contributed by atoms with Crippen LogP contribution in [0, 0.1) is 6.92 Å². The van der Waals surface area contributed by atoms with E-state index in [0.717, 1.165) is 23.8 Å². The first-order valence-corrected chi connectivity index (χ1v) is 11.6. The van der Waals surface area contributed by atoms with Crippen LogP contribution in [0.4, 0.5) is 20.5 Å². The molecule has 0 bridgehead atoms. The van der Waals surface area contributed by atoms with Crippen molar-refractivity contribution in [1.29, 1.82) is 0 Å². The number of aromatic nitrogens is 6. The van der Waals surface area contributed by atoms with Gasteiger partial charge < -0.3 is 26.2 Å². The van der Waals surface area contributed by atoms with Gasteiger partial charge >= 0.3 is 0 Å². The third-order valence-electron chi connectivity index (χ3n) is 6.46. The van der Waals surface area contributed by atoms with Crippen molar-refractivity contribution in [2.75, 3.05) is 11.5 Å². The van der Waals surface area contributed by atoms with Gasteiger partial charge in [-0.2, -0.15) is 9.50 Å². The predicted molar refractivity (Wildman–Crippen MR) is 129 cm³/mol. The molecule has 4 aromatic rings. The van der Waals surface area contributed by atoms with Crippen molar-refractivity contribution in [2.24, 2.45) is 0 Å². The summed E-state index contributed by atoms with van der Waals surface area (Å²) in [5.41, 5.74) is 13.2. The number of nitrogen functional groups attached to an aromatic ring is 2. The van der Waals surface area contributed by atoms with Crippen LogP contribution < -0.4 is 11.5 Å². The first kappa shape index (κ1) is 24.6. The van der Waals surface area contributed by atoms with Crippen molar-refractivity contribution < 1.29 is 19.0 Å². The van der Waals surface area contributed by atoms with E-state index in [9.17, 15) is 19.0 Å². The highest BCUT2D eigenvalue weighted by Crippen LogP contribution is 2.33. The minimum Gasteiger partial charge on any atom is -0.493 e. The maximum Gasteiger partial charge on any atom is 0.256 e. The summed E-state index contributed by atoms with van der Waals surface area (Å²) in [7, 11) is 0. The molecule has 0 atom stereocenters. The van der Waals surface area contributed by atoms with Gasteiger partial charge in [0, 0.05) is 11.6 Å². The summed E-state index contributed by atoms with van der Waals surface area (Å²) in [6, 6.07) is 4.74. The second-order valence-electron chi connectivity index (χ2n) is 8.87. The largest absolute Gasteiger partial charge is 0.493 e. The van der Waals surface area contributed by atoms with Gasteiger partial charge in [-0.1, -0.05) is 26.2 Å². The number of aliphatic hydroxyl groups is 1. The number of fused-ring (bicyclic) bond motifs is 2. The normalized spacial score (nSPS) is 15.5. The lowest BCUT2D eigenvalue weighted by molar-refractivity contribution is 0.000669. The molecule has 0 radical (unpaired) electrons. The van der Waals surface area contributed by atoms with Crippen molar-refractivity contribution >= 4 is 28.4 Å². The molecule has 0 saturated heterocycles. The molecule has 6 N–H and O–H groups in total. The van der Waals surface area contributed by atoms with Crippen LogP contribution in [0.2, 0.25) is 0 Å². The third kappa shape index (κ3) is 4.97. The Morgan fingerprint density at radius 1 is 1.11 bits per heavy atom. The van der Waals surface area contributed by atoms with E-state index in [0.29, 0.717) is 33.8 Å². The monoisotopic (exact) mass is 488 g/mol. The average Bonchev–Trinajstić information content (AvgIpc) is 3.30. The fourth-order valence-electron chi connectivity index (χ4n) is 4.52. The molecule has 0 amide bonds. The van der Waals surface area contributed by atoms with Crippen molar-refractivity contribution in [1.82, 2.24) is 29.1 Å². The molecular weight excluding hydrogens is 458 g/mol. The van der Waals surface area contributed by atoms with Gasteiger partial charge in [-0.05, 0) is 38.3 Å². The molecule has 35 heavy (non-hydrogen) atoms.